The van der Waals surface area contributed by atoms with Gasteiger partial charge in [-0.1, -0.05) is 20.8 Å². The molecule has 0 aromatic carbocycles. The van der Waals surface area contributed by atoms with Crippen molar-refractivity contribution in [3.63, 3.8) is 0 Å². The fraction of sp³-hybridized carbons (Fsp3) is 0.846. The Morgan fingerprint density at radius 3 is 2.00 bits per heavy atom. The topological polar surface area (TPSA) is 98.2 Å². The summed E-state index contributed by atoms with van der Waals surface area (Å²) in [5, 5.41) is 2.84. The lowest BCUT2D eigenvalue weighted by atomic mass is 9.83. The maximum Gasteiger partial charge on any atom is 0.224 e. The Bertz CT molecular complexity index is 306. The molecule has 0 saturated carbocycles. The average molecular weight is 257 g/mol. The Labute approximate surface area is 110 Å². The Hall–Kier alpha value is -1.10. The van der Waals surface area contributed by atoms with E-state index < -0.39 is 11.4 Å². The normalized spacial score (nSPS) is 14.1. The number of nitrogens with two attached hydrogens (primary N) is 2. The molecule has 0 saturated heterocycles. The summed E-state index contributed by atoms with van der Waals surface area (Å²) in [6, 6.07) is 0. The van der Waals surface area contributed by atoms with Gasteiger partial charge in [0.15, 0.2) is 0 Å². The zero-order valence-electron chi connectivity index (χ0n) is 12.2. The Balaban J connectivity index is 4.57. The van der Waals surface area contributed by atoms with Crippen LogP contribution in [0.3, 0.4) is 0 Å². The van der Waals surface area contributed by atoms with E-state index in [-0.39, 0.29) is 23.7 Å². The van der Waals surface area contributed by atoms with Crippen LogP contribution in [-0.4, -0.2) is 23.9 Å². The molecular weight excluding hydrogens is 230 g/mol. The van der Waals surface area contributed by atoms with Crippen LogP contribution in [-0.2, 0) is 9.59 Å². The van der Waals surface area contributed by atoms with Crippen molar-refractivity contribution in [2.45, 2.75) is 53.0 Å². The number of carbonyl (C=O) groups is 2. The molecule has 5 nitrogen and oxygen atoms in total. The first kappa shape index (κ1) is 16.9. The minimum atomic E-state index is -0.631. The number of amides is 2. The smallest absolute Gasteiger partial charge is 0.224 e. The van der Waals surface area contributed by atoms with Gasteiger partial charge in [0.05, 0.1) is 5.92 Å². The minimum Gasteiger partial charge on any atom is -0.370 e. The van der Waals surface area contributed by atoms with E-state index in [1.807, 2.05) is 0 Å². The van der Waals surface area contributed by atoms with Gasteiger partial charge in [-0.25, -0.2) is 0 Å². The van der Waals surface area contributed by atoms with E-state index in [1.165, 1.54) is 0 Å². The highest BCUT2D eigenvalue weighted by molar-refractivity contribution is 5.81. The SMILES string of the molecule is CC(C)(C)CC(CN)C(=O)NC(C)(C)CC(N)=O. The molecule has 106 valence electrons. The minimum absolute atomic E-state index is 0.0369. The molecule has 0 aromatic rings. The summed E-state index contributed by atoms with van der Waals surface area (Å²) in [6.07, 6.45) is 0.827. The van der Waals surface area contributed by atoms with E-state index in [0.29, 0.717) is 13.0 Å². The first-order valence-electron chi connectivity index (χ1n) is 6.27. The quantitative estimate of drug-likeness (QED) is 0.655. The van der Waals surface area contributed by atoms with Gasteiger partial charge in [-0.05, 0) is 25.7 Å². The third-order valence-corrected chi connectivity index (χ3v) is 2.59. The van der Waals surface area contributed by atoms with Crippen LogP contribution in [0, 0.1) is 11.3 Å². The van der Waals surface area contributed by atoms with E-state index in [9.17, 15) is 9.59 Å². The summed E-state index contributed by atoms with van der Waals surface area (Å²) in [6.45, 7) is 10.1. The van der Waals surface area contributed by atoms with Crippen LogP contribution in [0.25, 0.3) is 0 Å². The molecule has 0 aromatic heterocycles. The predicted molar refractivity (Wildman–Crippen MR) is 72.6 cm³/mol. The van der Waals surface area contributed by atoms with Crippen molar-refractivity contribution in [2.75, 3.05) is 6.54 Å². The van der Waals surface area contributed by atoms with Crippen molar-refractivity contribution in [3.8, 4) is 0 Å². The van der Waals surface area contributed by atoms with Gasteiger partial charge in [-0.15, -0.1) is 0 Å². The maximum absolute atomic E-state index is 12.1. The molecule has 0 aliphatic heterocycles. The number of hydrogen-bond donors (Lipinski definition) is 3. The number of primary amides is 1. The van der Waals surface area contributed by atoms with Crippen molar-refractivity contribution in [1.29, 1.82) is 0 Å². The summed E-state index contributed by atoms with van der Waals surface area (Å²) in [4.78, 5) is 23.0. The van der Waals surface area contributed by atoms with E-state index in [1.54, 1.807) is 13.8 Å². The zero-order chi connectivity index (χ0) is 14.6. The lowest BCUT2D eigenvalue weighted by Crippen LogP contribution is -2.49. The van der Waals surface area contributed by atoms with Crippen molar-refractivity contribution in [1.82, 2.24) is 5.32 Å². The van der Waals surface area contributed by atoms with Crippen LogP contribution >= 0.6 is 0 Å². The summed E-state index contributed by atoms with van der Waals surface area (Å²) < 4.78 is 0. The average Bonchev–Trinajstić information content (AvgIpc) is 2.09. The van der Waals surface area contributed by atoms with E-state index in [2.05, 4.69) is 26.1 Å². The number of carbonyl (C=O) groups excluding carboxylic acids is 2. The van der Waals surface area contributed by atoms with Crippen LogP contribution in [0.15, 0.2) is 0 Å². The van der Waals surface area contributed by atoms with E-state index in [4.69, 9.17) is 11.5 Å². The van der Waals surface area contributed by atoms with Crippen LogP contribution in [0.2, 0.25) is 0 Å². The number of rotatable bonds is 6. The lowest BCUT2D eigenvalue weighted by Gasteiger charge is -2.30. The molecule has 0 radical (unpaired) electrons. The molecule has 2 amide bonds. The van der Waals surface area contributed by atoms with Crippen LogP contribution in [0.1, 0.15) is 47.5 Å². The van der Waals surface area contributed by atoms with Gasteiger partial charge >= 0.3 is 0 Å². The largest absolute Gasteiger partial charge is 0.370 e. The highest BCUT2D eigenvalue weighted by Crippen LogP contribution is 2.24. The molecule has 5 heteroatoms. The molecule has 18 heavy (non-hydrogen) atoms. The highest BCUT2D eigenvalue weighted by Gasteiger charge is 2.29. The van der Waals surface area contributed by atoms with Crippen LogP contribution < -0.4 is 16.8 Å². The number of nitrogens with one attached hydrogen (secondary N) is 1. The Morgan fingerprint density at radius 2 is 1.67 bits per heavy atom. The van der Waals surface area contributed by atoms with E-state index >= 15 is 0 Å². The molecule has 0 aliphatic rings. The van der Waals surface area contributed by atoms with Gasteiger partial charge in [0.2, 0.25) is 11.8 Å². The van der Waals surface area contributed by atoms with Crippen molar-refractivity contribution in [3.05, 3.63) is 0 Å². The first-order valence-corrected chi connectivity index (χ1v) is 6.27. The first-order chi connectivity index (χ1) is 7.97. The monoisotopic (exact) mass is 257 g/mol. The second-order valence-electron chi connectivity index (χ2n) is 6.71. The molecule has 5 N–H and O–H groups in total. The summed E-state index contributed by atoms with van der Waals surface area (Å²) in [5.74, 6) is -0.781. The molecule has 0 fully saturated rings. The molecule has 1 atom stereocenters. The third kappa shape index (κ3) is 7.27. The third-order valence-electron chi connectivity index (χ3n) is 2.59. The predicted octanol–water partition coefficient (Wildman–Crippen LogP) is 0.768. The lowest BCUT2D eigenvalue weighted by molar-refractivity contribution is -0.128. The maximum atomic E-state index is 12.1. The van der Waals surface area contributed by atoms with Gasteiger partial charge in [-0.3, -0.25) is 9.59 Å². The van der Waals surface area contributed by atoms with Gasteiger partial charge in [0, 0.05) is 18.5 Å². The molecule has 0 aliphatic carbocycles. The molecule has 0 heterocycles. The summed E-state index contributed by atoms with van der Waals surface area (Å²) >= 11 is 0. The van der Waals surface area contributed by atoms with E-state index in [0.717, 1.165) is 0 Å². The highest BCUT2D eigenvalue weighted by atomic mass is 16.2. The van der Waals surface area contributed by atoms with Crippen LogP contribution in [0.5, 0.6) is 0 Å². The molecule has 0 rings (SSSR count). The molecule has 0 spiro atoms. The zero-order valence-corrected chi connectivity index (χ0v) is 12.2. The van der Waals surface area contributed by atoms with Crippen molar-refractivity contribution >= 4 is 11.8 Å². The van der Waals surface area contributed by atoms with Gasteiger partial charge < -0.3 is 16.8 Å². The van der Waals surface area contributed by atoms with Gasteiger partial charge in [-0.2, -0.15) is 0 Å². The van der Waals surface area contributed by atoms with Crippen LogP contribution in [0.4, 0.5) is 0 Å². The fourth-order valence-electron chi connectivity index (χ4n) is 1.94. The van der Waals surface area contributed by atoms with Gasteiger partial charge in [0.25, 0.3) is 0 Å². The molecule has 1 unspecified atom stereocenters. The van der Waals surface area contributed by atoms with Crippen molar-refractivity contribution < 1.29 is 9.59 Å². The Kier molecular flexibility index (Phi) is 5.80. The standard InChI is InChI=1S/C13H27N3O2/c1-12(2,3)6-9(8-14)11(18)16-13(4,5)7-10(15)17/h9H,6-8,14H2,1-5H3,(H2,15,17)(H,16,18). The second kappa shape index (κ2) is 6.18. The summed E-state index contributed by atoms with van der Waals surface area (Å²) in [7, 11) is 0. The molecule has 0 bridgehead atoms. The number of hydrogen-bond acceptors (Lipinski definition) is 3. The summed E-state index contributed by atoms with van der Waals surface area (Å²) in [5.41, 5.74) is 10.2. The van der Waals surface area contributed by atoms with Gasteiger partial charge in [0.1, 0.15) is 0 Å². The van der Waals surface area contributed by atoms with Crippen molar-refractivity contribution in [2.24, 2.45) is 22.8 Å². The second-order valence-corrected chi connectivity index (χ2v) is 6.71. The Morgan fingerprint density at radius 1 is 1.17 bits per heavy atom. The fourth-order valence-corrected chi connectivity index (χ4v) is 1.94. The molecular formula is C13H27N3O2.